The molecular weight excluding hydrogens is 308 g/mol. The average Bonchev–Trinajstić information content (AvgIpc) is 2.46. The van der Waals surface area contributed by atoms with Crippen molar-refractivity contribution in [1.29, 1.82) is 0 Å². The Bertz CT molecular complexity index is 443. The third-order valence-corrected chi connectivity index (χ3v) is 3.05. The zero-order valence-electron chi connectivity index (χ0n) is 7.54. The maximum absolute atomic E-state index is 4.15. The highest BCUT2D eigenvalue weighted by Crippen LogP contribution is 2.23. The molecule has 2 aromatic rings. The smallest absolute Gasteiger partial charge is 0.182 e. The van der Waals surface area contributed by atoms with E-state index in [1.54, 1.807) is 6.20 Å². The zero-order valence-corrected chi connectivity index (χ0v) is 10.7. The highest BCUT2D eigenvalue weighted by atomic mass is 79.9. The summed E-state index contributed by atoms with van der Waals surface area (Å²) in [6.45, 7) is 2.07. The lowest BCUT2D eigenvalue weighted by molar-refractivity contribution is 0.990. The Balaban J connectivity index is 2.59. The van der Waals surface area contributed by atoms with Gasteiger partial charge < -0.3 is 0 Å². The summed E-state index contributed by atoms with van der Waals surface area (Å²) in [6, 6.07) is 8.26. The van der Waals surface area contributed by atoms with Crippen molar-refractivity contribution in [3.05, 3.63) is 45.4 Å². The Morgan fingerprint density at radius 1 is 1.29 bits per heavy atom. The van der Waals surface area contributed by atoms with Gasteiger partial charge in [-0.3, -0.25) is 4.57 Å². The van der Waals surface area contributed by atoms with Crippen LogP contribution in [0, 0.1) is 6.92 Å². The quantitative estimate of drug-likeness (QED) is 0.784. The minimum absolute atomic E-state index is 0.801. The van der Waals surface area contributed by atoms with Gasteiger partial charge >= 0.3 is 0 Å². The van der Waals surface area contributed by atoms with Crippen LogP contribution in [-0.2, 0) is 0 Å². The van der Waals surface area contributed by atoms with Crippen LogP contribution in [0.25, 0.3) is 5.69 Å². The fourth-order valence-electron chi connectivity index (χ4n) is 1.31. The maximum atomic E-state index is 4.15. The number of imidazole rings is 1. The van der Waals surface area contributed by atoms with Gasteiger partial charge in [-0.05, 0) is 56.5 Å². The molecule has 2 rings (SSSR count). The molecule has 1 aromatic heterocycles. The Labute approximate surface area is 99.2 Å². The number of hydrogen-bond acceptors (Lipinski definition) is 1. The second-order valence-electron chi connectivity index (χ2n) is 3.02. The molecule has 0 amide bonds. The fourth-order valence-corrected chi connectivity index (χ4v) is 2.52. The van der Waals surface area contributed by atoms with E-state index in [9.17, 15) is 0 Å². The molecular formula is C10H8Br2N2. The van der Waals surface area contributed by atoms with Gasteiger partial charge in [0.05, 0.1) is 6.20 Å². The number of hydrogen-bond donors (Lipinski definition) is 0. The fraction of sp³-hybridized carbons (Fsp3) is 0.100. The van der Waals surface area contributed by atoms with Crippen LogP contribution in [0.2, 0.25) is 0 Å². The number of aryl methyl sites for hydroxylation is 1. The summed E-state index contributed by atoms with van der Waals surface area (Å²) >= 11 is 6.85. The lowest BCUT2D eigenvalue weighted by atomic mass is 10.2. The van der Waals surface area contributed by atoms with Crippen molar-refractivity contribution in [3.8, 4) is 5.69 Å². The predicted molar refractivity (Wildman–Crippen MR) is 63.7 cm³/mol. The van der Waals surface area contributed by atoms with Crippen molar-refractivity contribution in [2.24, 2.45) is 0 Å². The van der Waals surface area contributed by atoms with Gasteiger partial charge in [0.1, 0.15) is 4.60 Å². The summed E-state index contributed by atoms with van der Waals surface area (Å²) in [5.74, 6) is 0. The van der Waals surface area contributed by atoms with Crippen LogP contribution < -0.4 is 0 Å². The number of benzene rings is 1. The molecule has 0 radical (unpaired) electrons. The maximum Gasteiger partial charge on any atom is 0.182 e. The second kappa shape index (κ2) is 3.87. The van der Waals surface area contributed by atoms with Crippen molar-refractivity contribution in [1.82, 2.24) is 9.55 Å². The van der Waals surface area contributed by atoms with Crippen molar-refractivity contribution in [3.63, 3.8) is 0 Å². The third-order valence-electron chi connectivity index (χ3n) is 1.94. The molecule has 0 N–H and O–H groups in total. The van der Waals surface area contributed by atoms with Crippen molar-refractivity contribution >= 4 is 31.9 Å². The second-order valence-corrected chi connectivity index (χ2v) is 4.55. The van der Waals surface area contributed by atoms with Crippen molar-refractivity contribution < 1.29 is 0 Å². The van der Waals surface area contributed by atoms with Crippen LogP contribution in [0.1, 0.15) is 5.56 Å². The first kappa shape index (κ1) is 9.93. The van der Waals surface area contributed by atoms with Crippen LogP contribution in [0.4, 0.5) is 0 Å². The van der Waals surface area contributed by atoms with Crippen LogP contribution in [-0.4, -0.2) is 9.55 Å². The number of nitrogens with zero attached hydrogens (tertiary/aromatic N) is 2. The van der Waals surface area contributed by atoms with Gasteiger partial charge in [-0.1, -0.05) is 12.1 Å². The van der Waals surface area contributed by atoms with Gasteiger partial charge in [0.15, 0.2) is 4.73 Å². The molecule has 0 unspecified atom stereocenters. The Hall–Kier alpha value is -0.610. The van der Waals surface area contributed by atoms with Crippen molar-refractivity contribution in [2.75, 3.05) is 0 Å². The lowest BCUT2D eigenvalue weighted by Gasteiger charge is -2.06. The molecule has 0 aliphatic rings. The summed E-state index contributed by atoms with van der Waals surface area (Å²) in [5.41, 5.74) is 2.33. The van der Waals surface area contributed by atoms with Gasteiger partial charge in [0, 0.05) is 5.69 Å². The van der Waals surface area contributed by atoms with E-state index in [-0.39, 0.29) is 0 Å². The summed E-state index contributed by atoms with van der Waals surface area (Å²) in [7, 11) is 0. The van der Waals surface area contributed by atoms with E-state index in [1.165, 1.54) is 5.56 Å². The topological polar surface area (TPSA) is 17.8 Å². The minimum atomic E-state index is 0.801. The average molecular weight is 316 g/mol. The highest BCUT2D eigenvalue weighted by molar-refractivity contribution is 9.11. The number of aromatic nitrogens is 2. The van der Waals surface area contributed by atoms with Crippen molar-refractivity contribution in [2.45, 2.75) is 6.92 Å². The van der Waals surface area contributed by atoms with Gasteiger partial charge in [-0.25, -0.2) is 4.98 Å². The molecule has 2 nitrogen and oxygen atoms in total. The molecule has 0 saturated heterocycles. The number of rotatable bonds is 1. The molecule has 0 saturated carbocycles. The molecule has 0 atom stereocenters. The van der Waals surface area contributed by atoms with Gasteiger partial charge in [-0.15, -0.1) is 0 Å². The summed E-state index contributed by atoms with van der Waals surface area (Å²) < 4.78 is 3.73. The monoisotopic (exact) mass is 314 g/mol. The van der Waals surface area contributed by atoms with Crippen LogP contribution >= 0.6 is 31.9 Å². The zero-order chi connectivity index (χ0) is 10.1. The SMILES string of the molecule is Cc1cccc(-n2c(Br)cnc2Br)c1. The highest BCUT2D eigenvalue weighted by Gasteiger charge is 2.06. The standard InChI is InChI=1S/C10H8Br2N2/c1-7-3-2-4-8(5-7)14-9(11)6-13-10(14)12/h2-6H,1H3. The summed E-state index contributed by atoms with van der Waals surface area (Å²) in [4.78, 5) is 4.15. The van der Waals surface area contributed by atoms with Crippen LogP contribution in [0.15, 0.2) is 39.8 Å². The molecule has 1 aromatic carbocycles. The Kier molecular flexibility index (Phi) is 2.74. The van der Waals surface area contributed by atoms with E-state index in [2.05, 4.69) is 55.9 Å². The Morgan fingerprint density at radius 3 is 2.64 bits per heavy atom. The van der Waals surface area contributed by atoms with E-state index >= 15 is 0 Å². The molecule has 72 valence electrons. The predicted octanol–water partition coefficient (Wildman–Crippen LogP) is 3.71. The van der Waals surface area contributed by atoms with Crippen LogP contribution in [0.5, 0.6) is 0 Å². The molecule has 4 heteroatoms. The summed E-state index contributed by atoms with van der Waals surface area (Å²) in [5, 5.41) is 0. The molecule has 0 bridgehead atoms. The minimum Gasteiger partial charge on any atom is -0.281 e. The molecule has 0 fully saturated rings. The first-order valence-electron chi connectivity index (χ1n) is 4.14. The normalized spacial score (nSPS) is 10.5. The summed E-state index contributed by atoms with van der Waals surface area (Å²) in [6.07, 6.45) is 1.77. The van der Waals surface area contributed by atoms with E-state index in [0.29, 0.717) is 0 Å². The van der Waals surface area contributed by atoms with Crippen LogP contribution in [0.3, 0.4) is 0 Å². The molecule has 0 aliphatic carbocycles. The van der Waals surface area contributed by atoms with E-state index in [0.717, 1.165) is 15.0 Å². The van der Waals surface area contributed by atoms with E-state index in [4.69, 9.17) is 0 Å². The van der Waals surface area contributed by atoms with Gasteiger partial charge in [-0.2, -0.15) is 0 Å². The molecule has 0 aliphatic heterocycles. The van der Waals surface area contributed by atoms with E-state index < -0.39 is 0 Å². The molecule has 0 spiro atoms. The first-order chi connectivity index (χ1) is 6.68. The number of halogens is 2. The van der Waals surface area contributed by atoms with Gasteiger partial charge in [0.25, 0.3) is 0 Å². The molecule has 14 heavy (non-hydrogen) atoms. The van der Waals surface area contributed by atoms with Gasteiger partial charge in [0.2, 0.25) is 0 Å². The first-order valence-corrected chi connectivity index (χ1v) is 5.73. The largest absolute Gasteiger partial charge is 0.281 e. The van der Waals surface area contributed by atoms with E-state index in [1.807, 2.05) is 16.7 Å². The lowest BCUT2D eigenvalue weighted by Crippen LogP contribution is -1.94. The third kappa shape index (κ3) is 1.77. The molecule has 1 heterocycles. The Morgan fingerprint density at radius 2 is 2.07 bits per heavy atom.